The third-order valence-electron chi connectivity index (χ3n) is 5.35. The smallest absolute Gasteiger partial charge is 0.303 e. The normalized spacial score (nSPS) is 33.8. The summed E-state index contributed by atoms with van der Waals surface area (Å²) in [5.41, 5.74) is 1.28. The second kappa shape index (κ2) is 7.89. The summed E-state index contributed by atoms with van der Waals surface area (Å²) in [7, 11) is 0. The molecule has 2 N–H and O–H groups in total. The standard InChI is InChI=1S/C20H24O8/c1-9(21)26-18-12-6-4-5-7-13(12)19(27-10(2)22)16-14(18)8-15(24)17(25)20(16)28-11(3)23/h4-7,14-20,24-25H,8H2,1-3H3/t14-,15-,16+,17-,18+,19-,20-/m1/s1. The number of benzene rings is 1. The van der Waals surface area contributed by atoms with E-state index in [0.717, 1.165) is 0 Å². The Hall–Kier alpha value is -2.45. The van der Waals surface area contributed by atoms with Crippen LogP contribution in [0.4, 0.5) is 0 Å². The minimum Gasteiger partial charge on any atom is -0.459 e. The lowest BCUT2D eigenvalue weighted by Crippen LogP contribution is -2.57. The van der Waals surface area contributed by atoms with E-state index in [1.54, 1.807) is 24.3 Å². The molecule has 3 rings (SSSR count). The monoisotopic (exact) mass is 392 g/mol. The van der Waals surface area contributed by atoms with Gasteiger partial charge >= 0.3 is 17.9 Å². The highest BCUT2D eigenvalue weighted by Crippen LogP contribution is 2.54. The fourth-order valence-corrected chi connectivity index (χ4v) is 4.45. The van der Waals surface area contributed by atoms with Crippen molar-refractivity contribution in [3.8, 4) is 0 Å². The predicted molar refractivity (Wildman–Crippen MR) is 94.6 cm³/mol. The zero-order valence-electron chi connectivity index (χ0n) is 15.9. The maximum absolute atomic E-state index is 11.8. The predicted octanol–water partition coefficient (Wildman–Crippen LogP) is 1.20. The van der Waals surface area contributed by atoms with Crippen LogP contribution in [0.1, 0.15) is 50.5 Å². The second-order valence-corrected chi connectivity index (χ2v) is 7.30. The number of ether oxygens (including phenoxy) is 3. The van der Waals surface area contributed by atoms with E-state index in [1.807, 2.05) is 0 Å². The molecule has 0 saturated heterocycles. The van der Waals surface area contributed by atoms with Gasteiger partial charge < -0.3 is 24.4 Å². The Bertz CT molecular complexity index is 775. The van der Waals surface area contributed by atoms with E-state index in [2.05, 4.69) is 0 Å². The van der Waals surface area contributed by atoms with Gasteiger partial charge in [0.1, 0.15) is 24.4 Å². The van der Waals surface area contributed by atoms with Crippen molar-refractivity contribution in [3.05, 3.63) is 35.4 Å². The first kappa shape index (κ1) is 20.3. The summed E-state index contributed by atoms with van der Waals surface area (Å²) in [6.45, 7) is 3.75. The van der Waals surface area contributed by atoms with Crippen LogP contribution in [0, 0.1) is 11.8 Å². The number of hydrogen-bond acceptors (Lipinski definition) is 8. The van der Waals surface area contributed by atoms with E-state index in [9.17, 15) is 24.6 Å². The van der Waals surface area contributed by atoms with Crippen LogP contribution in [-0.4, -0.2) is 46.4 Å². The molecule has 0 radical (unpaired) electrons. The van der Waals surface area contributed by atoms with Gasteiger partial charge in [-0.15, -0.1) is 0 Å². The molecule has 0 unspecified atom stereocenters. The fraction of sp³-hybridized carbons (Fsp3) is 0.550. The number of aliphatic hydroxyl groups is 2. The van der Waals surface area contributed by atoms with Crippen molar-refractivity contribution in [2.24, 2.45) is 11.8 Å². The minimum atomic E-state index is -1.36. The number of esters is 3. The quantitative estimate of drug-likeness (QED) is 0.582. The molecule has 7 atom stereocenters. The summed E-state index contributed by atoms with van der Waals surface area (Å²) in [5.74, 6) is -2.89. The molecule has 0 heterocycles. The summed E-state index contributed by atoms with van der Waals surface area (Å²) >= 11 is 0. The molecular formula is C20H24O8. The lowest BCUT2D eigenvalue weighted by molar-refractivity contribution is -0.212. The summed E-state index contributed by atoms with van der Waals surface area (Å²) in [4.78, 5) is 35.2. The second-order valence-electron chi connectivity index (χ2n) is 7.30. The molecule has 0 aromatic heterocycles. The SMILES string of the molecule is CC(=O)O[C@H]1[C@H](O)[C@H](O)C[C@@H]2[C@H]1[C@H](OC(C)=O)c1ccccc1[C@@H]2OC(C)=O. The number of rotatable bonds is 3. The zero-order chi connectivity index (χ0) is 20.6. The molecule has 28 heavy (non-hydrogen) atoms. The van der Waals surface area contributed by atoms with Crippen molar-refractivity contribution in [2.45, 2.75) is 57.7 Å². The number of carbonyl (C=O) groups is 3. The van der Waals surface area contributed by atoms with Crippen LogP contribution in [0.2, 0.25) is 0 Å². The third-order valence-corrected chi connectivity index (χ3v) is 5.35. The van der Waals surface area contributed by atoms with Gasteiger partial charge in [0.15, 0.2) is 0 Å². The van der Waals surface area contributed by atoms with Gasteiger partial charge in [-0.25, -0.2) is 0 Å². The molecule has 8 heteroatoms. The molecule has 0 amide bonds. The Balaban J connectivity index is 2.16. The average Bonchev–Trinajstić information content (AvgIpc) is 2.60. The third kappa shape index (κ3) is 3.74. The molecule has 8 nitrogen and oxygen atoms in total. The fourth-order valence-electron chi connectivity index (χ4n) is 4.45. The minimum absolute atomic E-state index is 0.0909. The summed E-state index contributed by atoms with van der Waals surface area (Å²) in [6.07, 6.45) is -5.13. The Labute approximate surface area is 162 Å². The van der Waals surface area contributed by atoms with Crippen LogP contribution in [-0.2, 0) is 28.6 Å². The van der Waals surface area contributed by atoms with Crippen molar-refractivity contribution < 1.29 is 38.8 Å². The Morgan fingerprint density at radius 1 is 0.857 bits per heavy atom. The molecule has 1 aromatic rings. The van der Waals surface area contributed by atoms with Gasteiger partial charge in [-0.05, 0) is 17.5 Å². The topological polar surface area (TPSA) is 119 Å². The van der Waals surface area contributed by atoms with Crippen molar-refractivity contribution in [1.82, 2.24) is 0 Å². The molecule has 1 saturated carbocycles. The first-order chi connectivity index (χ1) is 13.2. The van der Waals surface area contributed by atoms with Gasteiger partial charge in [0.05, 0.1) is 6.10 Å². The van der Waals surface area contributed by atoms with Crippen molar-refractivity contribution in [1.29, 1.82) is 0 Å². The van der Waals surface area contributed by atoms with Crippen LogP contribution in [0.25, 0.3) is 0 Å². The average molecular weight is 392 g/mol. The van der Waals surface area contributed by atoms with E-state index >= 15 is 0 Å². The van der Waals surface area contributed by atoms with Gasteiger partial charge in [0.25, 0.3) is 0 Å². The molecule has 1 aromatic carbocycles. The van der Waals surface area contributed by atoms with Crippen molar-refractivity contribution >= 4 is 17.9 Å². The number of hydrogen-bond donors (Lipinski definition) is 2. The number of aliphatic hydroxyl groups excluding tert-OH is 2. The van der Waals surface area contributed by atoms with Crippen LogP contribution in [0.5, 0.6) is 0 Å². The molecule has 0 spiro atoms. The number of carbonyl (C=O) groups excluding carboxylic acids is 3. The maximum atomic E-state index is 11.8. The highest BCUT2D eigenvalue weighted by molar-refractivity contribution is 5.68. The summed E-state index contributed by atoms with van der Waals surface area (Å²) in [6, 6.07) is 7.05. The molecule has 2 aliphatic carbocycles. The van der Waals surface area contributed by atoms with E-state index in [4.69, 9.17) is 14.2 Å². The lowest BCUT2D eigenvalue weighted by Gasteiger charge is -2.50. The molecule has 1 fully saturated rings. The highest BCUT2D eigenvalue weighted by atomic mass is 16.6. The van der Waals surface area contributed by atoms with E-state index < -0.39 is 60.3 Å². The van der Waals surface area contributed by atoms with Crippen LogP contribution in [0.15, 0.2) is 24.3 Å². The van der Waals surface area contributed by atoms with Gasteiger partial charge in [0, 0.05) is 32.6 Å². The first-order valence-corrected chi connectivity index (χ1v) is 9.17. The first-order valence-electron chi connectivity index (χ1n) is 9.17. The van der Waals surface area contributed by atoms with E-state index in [-0.39, 0.29) is 6.42 Å². The lowest BCUT2D eigenvalue weighted by atomic mass is 9.63. The van der Waals surface area contributed by atoms with Gasteiger partial charge in [-0.3, -0.25) is 14.4 Å². The largest absolute Gasteiger partial charge is 0.459 e. The maximum Gasteiger partial charge on any atom is 0.303 e. The van der Waals surface area contributed by atoms with Gasteiger partial charge in [0.2, 0.25) is 0 Å². The Morgan fingerprint density at radius 2 is 1.36 bits per heavy atom. The molecule has 0 aliphatic heterocycles. The van der Waals surface area contributed by atoms with Crippen molar-refractivity contribution in [3.63, 3.8) is 0 Å². The molecular weight excluding hydrogens is 368 g/mol. The van der Waals surface area contributed by atoms with E-state index in [1.165, 1.54) is 20.8 Å². The Kier molecular flexibility index (Phi) is 5.71. The molecule has 152 valence electrons. The van der Waals surface area contributed by atoms with Crippen LogP contribution < -0.4 is 0 Å². The van der Waals surface area contributed by atoms with Gasteiger partial charge in [-0.2, -0.15) is 0 Å². The van der Waals surface area contributed by atoms with Crippen LogP contribution in [0.3, 0.4) is 0 Å². The highest BCUT2D eigenvalue weighted by Gasteiger charge is 2.56. The van der Waals surface area contributed by atoms with Gasteiger partial charge in [-0.1, -0.05) is 24.3 Å². The van der Waals surface area contributed by atoms with E-state index in [0.29, 0.717) is 11.1 Å². The molecule has 2 aliphatic rings. The summed E-state index contributed by atoms with van der Waals surface area (Å²) in [5, 5.41) is 20.9. The number of fused-ring (bicyclic) bond motifs is 2. The zero-order valence-corrected chi connectivity index (χ0v) is 15.9. The van der Waals surface area contributed by atoms with Crippen LogP contribution >= 0.6 is 0 Å². The molecule has 0 bridgehead atoms. The van der Waals surface area contributed by atoms with Crippen molar-refractivity contribution in [2.75, 3.05) is 0 Å². The summed E-state index contributed by atoms with van der Waals surface area (Å²) < 4.78 is 16.5. The Morgan fingerprint density at radius 3 is 1.89 bits per heavy atom.